The summed E-state index contributed by atoms with van der Waals surface area (Å²) in [5, 5.41) is 3.14. The van der Waals surface area contributed by atoms with Gasteiger partial charge in [0.2, 0.25) is 0 Å². The second-order valence-electron chi connectivity index (χ2n) is 5.64. The number of piperidine rings is 1. The van der Waals surface area contributed by atoms with Gasteiger partial charge in [-0.15, -0.1) is 0 Å². The summed E-state index contributed by atoms with van der Waals surface area (Å²) in [6, 6.07) is 0. The largest absolute Gasteiger partial charge is 0.319 e. The third-order valence-electron chi connectivity index (χ3n) is 4.13. The van der Waals surface area contributed by atoms with Crippen LogP contribution in [-0.4, -0.2) is 57.0 Å². The monoisotopic (exact) mass is 307 g/mol. The normalized spacial score (nSPS) is 27.4. The van der Waals surface area contributed by atoms with Gasteiger partial charge in [-0.2, -0.15) is 24.5 Å². The van der Waals surface area contributed by atoms with E-state index in [1.807, 2.05) is 7.05 Å². The second kappa shape index (κ2) is 6.30. The van der Waals surface area contributed by atoms with Gasteiger partial charge in [-0.1, -0.05) is 0 Å². The van der Waals surface area contributed by atoms with E-state index in [1.54, 1.807) is 16.1 Å². The molecule has 2 fully saturated rings. The Bertz CT molecular complexity index is 394. The summed E-state index contributed by atoms with van der Waals surface area (Å²) in [5.41, 5.74) is 0. The van der Waals surface area contributed by atoms with Gasteiger partial charge < -0.3 is 5.32 Å². The van der Waals surface area contributed by atoms with E-state index >= 15 is 0 Å². The fraction of sp³-hybridized carbons (Fsp3) is 1.00. The van der Waals surface area contributed by atoms with Crippen molar-refractivity contribution in [3.05, 3.63) is 0 Å². The van der Waals surface area contributed by atoms with Crippen LogP contribution in [0.5, 0.6) is 0 Å². The average Bonchev–Trinajstić information content (AvgIpc) is 3.18. The molecule has 0 radical (unpaired) electrons. The maximum absolute atomic E-state index is 12.3. The molecule has 1 unspecified atom stereocenters. The average molecular weight is 307 g/mol. The van der Waals surface area contributed by atoms with Crippen LogP contribution in [0.4, 0.5) is 0 Å². The molecule has 0 aromatic heterocycles. The van der Waals surface area contributed by atoms with Crippen molar-refractivity contribution in [3.63, 3.8) is 0 Å². The fourth-order valence-electron chi connectivity index (χ4n) is 2.61. The van der Waals surface area contributed by atoms with Gasteiger partial charge in [0.25, 0.3) is 10.2 Å². The highest BCUT2D eigenvalue weighted by molar-refractivity contribution is 8.00. The minimum absolute atomic E-state index is 0.174. The van der Waals surface area contributed by atoms with Crippen LogP contribution < -0.4 is 10.0 Å². The lowest BCUT2D eigenvalue weighted by Gasteiger charge is -2.32. The van der Waals surface area contributed by atoms with Crippen molar-refractivity contribution in [2.24, 2.45) is 5.92 Å². The number of hydrogen-bond donors (Lipinski definition) is 2. The van der Waals surface area contributed by atoms with Crippen LogP contribution in [0.2, 0.25) is 0 Å². The minimum atomic E-state index is -3.30. The molecule has 0 bridgehead atoms. The van der Waals surface area contributed by atoms with E-state index in [2.05, 4.69) is 16.3 Å². The summed E-state index contributed by atoms with van der Waals surface area (Å²) < 4.78 is 29.2. The second-order valence-corrected chi connectivity index (χ2v) is 8.67. The van der Waals surface area contributed by atoms with Crippen molar-refractivity contribution >= 4 is 22.0 Å². The number of nitrogens with one attached hydrogen (secondary N) is 2. The van der Waals surface area contributed by atoms with Crippen LogP contribution >= 0.6 is 11.8 Å². The van der Waals surface area contributed by atoms with Crippen LogP contribution in [0.3, 0.4) is 0 Å². The number of nitrogens with zero attached hydrogens (tertiary/aromatic N) is 1. The molecule has 1 saturated carbocycles. The molecule has 112 valence electrons. The van der Waals surface area contributed by atoms with Crippen molar-refractivity contribution < 1.29 is 8.42 Å². The lowest BCUT2D eigenvalue weighted by Crippen LogP contribution is -2.48. The molecule has 0 spiro atoms. The predicted molar refractivity (Wildman–Crippen MR) is 80.6 cm³/mol. The van der Waals surface area contributed by atoms with E-state index in [-0.39, 0.29) is 4.75 Å². The van der Waals surface area contributed by atoms with Crippen molar-refractivity contribution in [2.45, 2.75) is 30.4 Å². The Morgan fingerprint density at radius 2 is 2.16 bits per heavy atom. The topological polar surface area (TPSA) is 61.4 Å². The van der Waals surface area contributed by atoms with Gasteiger partial charge in [-0.25, -0.2) is 4.72 Å². The standard InChI is InChI=1S/C12H25N3O2S2/c1-13-8-11-4-3-7-15(9-11)19(16,17)14-10-12(18-2)5-6-12/h11,13-14H,3-10H2,1-2H3. The fourth-order valence-corrected chi connectivity index (χ4v) is 4.84. The van der Waals surface area contributed by atoms with E-state index in [9.17, 15) is 8.42 Å². The highest BCUT2D eigenvalue weighted by Crippen LogP contribution is 2.46. The summed E-state index contributed by atoms with van der Waals surface area (Å²) >= 11 is 1.78. The number of hydrogen-bond acceptors (Lipinski definition) is 4. The molecule has 2 N–H and O–H groups in total. The molecule has 1 aliphatic carbocycles. The molecule has 1 atom stereocenters. The first kappa shape index (κ1) is 15.6. The number of rotatable bonds is 7. The van der Waals surface area contributed by atoms with Gasteiger partial charge >= 0.3 is 0 Å². The van der Waals surface area contributed by atoms with Gasteiger partial charge in [0.15, 0.2) is 0 Å². The van der Waals surface area contributed by atoms with E-state index in [4.69, 9.17) is 0 Å². The zero-order valence-corrected chi connectivity index (χ0v) is 13.4. The molecular weight excluding hydrogens is 282 g/mol. The molecule has 0 amide bonds. The van der Waals surface area contributed by atoms with Crippen LogP contribution in [0.15, 0.2) is 0 Å². The SMILES string of the molecule is CNCC1CCCN(S(=O)(=O)NCC2(SC)CC2)C1. The highest BCUT2D eigenvalue weighted by Gasteiger charge is 2.43. The molecule has 0 aromatic carbocycles. The molecule has 1 heterocycles. The quantitative estimate of drug-likeness (QED) is 0.725. The van der Waals surface area contributed by atoms with Gasteiger partial charge in [0.1, 0.15) is 0 Å². The van der Waals surface area contributed by atoms with Gasteiger partial charge in [-0.3, -0.25) is 0 Å². The molecule has 1 aliphatic heterocycles. The van der Waals surface area contributed by atoms with Crippen LogP contribution in [0, 0.1) is 5.92 Å². The van der Waals surface area contributed by atoms with E-state index in [0.29, 0.717) is 25.6 Å². The molecule has 19 heavy (non-hydrogen) atoms. The number of thioether (sulfide) groups is 1. The van der Waals surface area contributed by atoms with E-state index in [1.165, 1.54) is 0 Å². The molecular formula is C12H25N3O2S2. The summed E-state index contributed by atoms with van der Waals surface area (Å²) in [4.78, 5) is 0. The minimum Gasteiger partial charge on any atom is -0.319 e. The summed E-state index contributed by atoms with van der Waals surface area (Å²) in [7, 11) is -1.38. The first-order valence-corrected chi connectivity index (χ1v) is 9.62. The zero-order valence-electron chi connectivity index (χ0n) is 11.8. The van der Waals surface area contributed by atoms with Crippen molar-refractivity contribution in [1.82, 2.24) is 14.3 Å². The molecule has 1 saturated heterocycles. The molecule has 7 heteroatoms. The molecule has 0 aromatic rings. The van der Waals surface area contributed by atoms with E-state index in [0.717, 1.165) is 32.2 Å². The van der Waals surface area contributed by atoms with Crippen LogP contribution in [0.25, 0.3) is 0 Å². The van der Waals surface area contributed by atoms with Crippen molar-refractivity contribution in [3.8, 4) is 0 Å². The Hall–Kier alpha value is 0.180. The molecule has 5 nitrogen and oxygen atoms in total. The Labute approximate surface area is 121 Å². The van der Waals surface area contributed by atoms with Gasteiger partial charge in [0.05, 0.1) is 0 Å². The highest BCUT2D eigenvalue weighted by atomic mass is 32.2. The Morgan fingerprint density at radius 1 is 1.42 bits per heavy atom. The summed E-state index contributed by atoms with van der Waals surface area (Å²) in [5.74, 6) is 0.436. The zero-order chi connectivity index (χ0) is 13.9. The van der Waals surface area contributed by atoms with Crippen molar-refractivity contribution in [1.29, 1.82) is 0 Å². The van der Waals surface area contributed by atoms with E-state index < -0.39 is 10.2 Å². The van der Waals surface area contributed by atoms with Gasteiger partial charge in [0, 0.05) is 24.4 Å². The third kappa shape index (κ3) is 4.07. The summed E-state index contributed by atoms with van der Waals surface area (Å²) in [6.07, 6.45) is 6.38. The summed E-state index contributed by atoms with van der Waals surface area (Å²) in [6.45, 7) is 2.76. The predicted octanol–water partition coefficient (Wildman–Crippen LogP) is 0.648. The van der Waals surface area contributed by atoms with Crippen molar-refractivity contribution in [2.75, 3.05) is 39.5 Å². The maximum Gasteiger partial charge on any atom is 0.279 e. The first-order chi connectivity index (χ1) is 9.01. The maximum atomic E-state index is 12.3. The molecule has 2 rings (SSSR count). The molecule has 2 aliphatic rings. The first-order valence-electron chi connectivity index (χ1n) is 6.96. The van der Waals surface area contributed by atoms with Crippen LogP contribution in [0.1, 0.15) is 25.7 Å². The van der Waals surface area contributed by atoms with Gasteiger partial charge in [-0.05, 0) is 51.4 Å². The lowest BCUT2D eigenvalue weighted by atomic mass is 10.00. The Kier molecular flexibility index (Phi) is 5.16. The smallest absolute Gasteiger partial charge is 0.279 e. The third-order valence-corrected chi connectivity index (χ3v) is 7.07. The Morgan fingerprint density at radius 3 is 2.74 bits per heavy atom. The van der Waals surface area contributed by atoms with Crippen LogP contribution in [-0.2, 0) is 10.2 Å². The lowest BCUT2D eigenvalue weighted by molar-refractivity contribution is 0.261. The Balaban J connectivity index is 1.87.